The van der Waals surface area contributed by atoms with Crippen molar-refractivity contribution in [1.29, 1.82) is 0 Å². The van der Waals surface area contributed by atoms with Crippen LogP contribution in [0.25, 0.3) is 11.4 Å². The summed E-state index contributed by atoms with van der Waals surface area (Å²) in [6, 6.07) is 10.3. The second-order valence-electron chi connectivity index (χ2n) is 8.46. The van der Waals surface area contributed by atoms with E-state index in [0.29, 0.717) is 0 Å². The van der Waals surface area contributed by atoms with Crippen molar-refractivity contribution in [2.45, 2.75) is 110 Å². The average Bonchev–Trinajstić information content (AvgIpc) is 2.77. The fourth-order valence-electron chi connectivity index (χ4n) is 3.98. The van der Waals surface area contributed by atoms with Crippen LogP contribution < -0.4 is 0 Å². The Hall–Kier alpha value is -1.70. The molecule has 0 aliphatic rings. The average molecular weight is 395 g/mol. The van der Waals surface area contributed by atoms with E-state index in [9.17, 15) is 0 Å². The largest absolute Gasteiger partial charge is 0.255 e. The number of unbranched alkanes of at least 4 members (excludes halogenated alkanes) is 14. The summed E-state index contributed by atoms with van der Waals surface area (Å²) in [4.78, 5) is 8.87. The Labute approximate surface area is 179 Å². The van der Waals surface area contributed by atoms with Gasteiger partial charge in [0, 0.05) is 12.4 Å². The summed E-state index contributed by atoms with van der Waals surface area (Å²) in [5.41, 5.74) is 3.34. The molecule has 0 saturated heterocycles. The molecule has 0 N–H and O–H groups in total. The van der Waals surface area contributed by atoms with E-state index < -0.39 is 0 Å². The molecule has 0 spiro atoms. The maximum atomic E-state index is 4.47. The number of pyridine rings is 2. The van der Waals surface area contributed by atoms with Gasteiger partial charge in [0.15, 0.2) is 0 Å². The molecular weight excluding hydrogens is 352 g/mol. The summed E-state index contributed by atoms with van der Waals surface area (Å²) in [7, 11) is 0. The fraction of sp³-hybridized carbons (Fsp3) is 0.630. The Kier molecular flexibility index (Phi) is 13.1. The van der Waals surface area contributed by atoms with E-state index in [2.05, 4.69) is 29.0 Å². The van der Waals surface area contributed by atoms with E-state index in [1.807, 2.05) is 30.6 Å². The van der Waals surface area contributed by atoms with Gasteiger partial charge in [-0.25, -0.2) is 0 Å². The molecule has 0 bridgehead atoms. The van der Waals surface area contributed by atoms with Crippen molar-refractivity contribution >= 4 is 0 Å². The monoisotopic (exact) mass is 394 g/mol. The van der Waals surface area contributed by atoms with E-state index in [1.165, 1.54) is 102 Å². The van der Waals surface area contributed by atoms with Gasteiger partial charge in [-0.05, 0) is 42.7 Å². The van der Waals surface area contributed by atoms with Crippen LogP contribution >= 0.6 is 0 Å². The molecule has 0 aromatic carbocycles. The molecule has 29 heavy (non-hydrogen) atoms. The summed E-state index contributed by atoms with van der Waals surface area (Å²) < 4.78 is 0. The van der Waals surface area contributed by atoms with Crippen LogP contribution in [0.2, 0.25) is 0 Å². The minimum atomic E-state index is 0.964. The Bertz CT molecular complexity index is 623. The third kappa shape index (κ3) is 11.2. The number of hydrogen-bond donors (Lipinski definition) is 0. The first-order chi connectivity index (χ1) is 14.4. The first-order valence-corrected chi connectivity index (χ1v) is 12.3. The number of nitrogens with zero attached hydrogens (tertiary/aromatic N) is 2. The lowest BCUT2D eigenvalue weighted by molar-refractivity contribution is 0.532. The van der Waals surface area contributed by atoms with Gasteiger partial charge in [0.1, 0.15) is 0 Å². The molecule has 0 atom stereocenters. The number of rotatable bonds is 17. The highest BCUT2D eigenvalue weighted by Gasteiger charge is 2.02. The zero-order valence-electron chi connectivity index (χ0n) is 18.7. The van der Waals surface area contributed by atoms with Gasteiger partial charge < -0.3 is 0 Å². The third-order valence-electron chi connectivity index (χ3n) is 5.82. The van der Waals surface area contributed by atoms with Gasteiger partial charge in [-0.15, -0.1) is 0 Å². The summed E-state index contributed by atoms with van der Waals surface area (Å²) in [6.07, 6.45) is 26.2. The van der Waals surface area contributed by atoms with Crippen molar-refractivity contribution < 1.29 is 0 Å². The van der Waals surface area contributed by atoms with Crippen LogP contribution in [0.3, 0.4) is 0 Å². The molecule has 0 saturated carbocycles. The number of hydrogen-bond acceptors (Lipinski definition) is 2. The molecule has 2 heteroatoms. The quantitative estimate of drug-likeness (QED) is 0.251. The molecule has 0 aliphatic heterocycles. The van der Waals surface area contributed by atoms with Crippen molar-refractivity contribution in [3.05, 3.63) is 48.3 Å². The molecule has 0 aliphatic carbocycles. The Morgan fingerprint density at radius 2 is 1.10 bits per heavy atom. The van der Waals surface area contributed by atoms with Crippen molar-refractivity contribution in [3.8, 4) is 11.4 Å². The van der Waals surface area contributed by atoms with Gasteiger partial charge >= 0.3 is 0 Å². The lowest BCUT2D eigenvalue weighted by Gasteiger charge is -2.05. The number of aromatic nitrogens is 2. The second-order valence-corrected chi connectivity index (χ2v) is 8.46. The molecule has 0 radical (unpaired) electrons. The zero-order valence-corrected chi connectivity index (χ0v) is 18.7. The second kappa shape index (κ2) is 16.1. The molecule has 0 amide bonds. The van der Waals surface area contributed by atoms with Crippen LogP contribution in [0.15, 0.2) is 42.7 Å². The van der Waals surface area contributed by atoms with Gasteiger partial charge in [-0.1, -0.05) is 103 Å². The van der Waals surface area contributed by atoms with Gasteiger partial charge in [0.05, 0.1) is 11.4 Å². The summed E-state index contributed by atoms with van der Waals surface area (Å²) >= 11 is 0. The maximum absolute atomic E-state index is 4.47. The highest BCUT2D eigenvalue weighted by atomic mass is 14.8. The minimum absolute atomic E-state index is 0.964. The van der Waals surface area contributed by atoms with Crippen LogP contribution in [0, 0.1) is 0 Å². The lowest BCUT2D eigenvalue weighted by Crippen LogP contribution is -1.91. The van der Waals surface area contributed by atoms with Crippen molar-refractivity contribution in [3.63, 3.8) is 0 Å². The van der Waals surface area contributed by atoms with Crippen LogP contribution in [-0.4, -0.2) is 9.97 Å². The predicted octanol–water partition coefficient (Wildman–Crippen LogP) is 8.56. The number of aryl methyl sites for hydroxylation is 1. The lowest BCUT2D eigenvalue weighted by atomic mass is 10.0. The Balaban J connectivity index is 1.42. The molecule has 2 heterocycles. The smallest absolute Gasteiger partial charge is 0.0888 e. The predicted molar refractivity (Wildman–Crippen MR) is 126 cm³/mol. The van der Waals surface area contributed by atoms with Crippen molar-refractivity contribution in [1.82, 2.24) is 9.97 Å². The van der Waals surface area contributed by atoms with Gasteiger partial charge in [0.25, 0.3) is 0 Å². The highest BCUT2D eigenvalue weighted by molar-refractivity contribution is 5.54. The first kappa shape index (κ1) is 23.6. The molecule has 0 fully saturated rings. The minimum Gasteiger partial charge on any atom is -0.255 e. The third-order valence-corrected chi connectivity index (χ3v) is 5.82. The topological polar surface area (TPSA) is 25.8 Å². The SMILES string of the molecule is CCCCCCCCCCCCCCCCCc1ccnc(-c2ccccn2)c1. The molecule has 2 rings (SSSR count). The van der Waals surface area contributed by atoms with Crippen molar-refractivity contribution in [2.24, 2.45) is 0 Å². The molecule has 160 valence electrons. The van der Waals surface area contributed by atoms with E-state index in [0.717, 1.165) is 17.8 Å². The summed E-state index contributed by atoms with van der Waals surface area (Å²) in [6.45, 7) is 2.29. The molecule has 2 aromatic rings. The van der Waals surface area contributed by atoms with Crippen LogP contribution in [0.4, 0.5) is 0 Å². The standard InChI is InChI=1S/C27H42N2/c1-2-3-4-5-6-7-8-9-10-11-12-13-14-15-16-19-25-21-23-29-27(24-25)26-20-17-18-22-28-26/h17-18,20-24H,2-16,19H2,1H3. The zero-order chi connectivity index (χ0) is 20.4. The molecule has 0 unspecified atom stereocenters. The Morgan fingerprint density at radius 3 is 1.66 bits per heavy atom. The van der Waals surface area contributed by atoms with Gasteiger partial charge in [-0.3, -0.25) is 9.97 Å². The summed E-state index contributed by atoms with van der Waals surface area (Å²) in [5, 5.41) is 0. The molecule has 2 nitrogen and oxygen atoms in total. The van der Waals surface area contributed by atoms with Crippen LogP contribution in [-0.2, 0) is 6.42 Å². The van der Waals surface area contributed by atoms with E-state index in [4.69, 9.17) is 0 Å². The van der Waals surface area contributed by atoms with Gasteiger partial charge in [-0.2, -0.15) is 0 Å². The van der Waals surface area contributed by atoms with E-state index in [1.54, 1.807) is 0 Å². The first-order valence-electron chi connectivity index (χ1n) is 12.3. The van der Waals surface area contributed by atoms with Crippen molar-refractivity contribution in [2.75, 3.05) is 0 Å². The highest BCUT2D eigenvalue weighted by Crippen LogP contribution is 2.17. The van der Waals surface area contributed by atoms with Crippen LogP contribution in [0.5, 0.6) is 0 Å². The molecular formula is C27H42N2. The van der Waals surface area contributed by atoms with Gasteiger partial charge in [0.2, 0.25) is 0 Å². The molecule has 2 aromatic heterocycles. The normalized spacial score (nSPS) is 11.1. The Morgan fingerprint density at radius 1 is 0.552 bits per heavy atom. The maximum Gasteiger partial charge on any atom is 0.0888 e. The van der Waals surface area contributed by atoms with Crippen LogP contribution in [0.1, 0.15) is 109 Å². The van der Waals surface area contributed by atoms with E-state index in [-0.39, 0.29) is 0 Å². The fourth-order valence-corrected chi connectivity index (χ4v) is 3.98. The van der Waals surface area contributed by atoms with E-state index >= 15 is 0 Å². The summed E-state index contributed by atoms with van der Waals surface area (Å²) in [5.74, 6) is 0.